The number of halogens is 2. The molecule has 2 amide bonds. The van der Waals surface area contributed by atoms with Gasteiger partial charge in [0.15, 0.2) is 0 Å². The molecule has 0 rings (SSSR count). The van der Waals surface area contributed by atoms with E-state index in [-0.39, 0.29) is 40.9 Å². The summed E-state index contributed by atoms with van der Waals surface area (Å²) in [5, 5.41) is 5.38. The molecule has 10 heteroatoms. The first-order chi connectivity index (χ1) is 11.6. The predicted molar refractivity (Wildman–Crippen MR) is 96.2 cm³/mol. The van der Waals surface area contributed by atoms with Crippen molar-refractivity contribution in [3.05, 3.63) is 0 Å². The van der Waals surface area contributed by atoms with E-state index in [0.29, 0.717) is 39.3 Å². The number of nitrogens with one attached hydrogen (secondary N) is 2. The Morgan fingerprint density at radius 3 is 1.65 bits per heavy atom. The lowest BCUT2D eigenvalue weighted by Gasteiger charge is -2.21. The molecule has 0 aromatic heterocycles. The molecule has 0 aliphatic rings. The second-order valence-corrected chi connectivity index (χ2v) is 5.46. The van der Waals surface area contributed by atoms with Crippen molar-refractivity contribution >= 4 is 12.2 Å². The van der Waals surface area contributed by atoms with E-state index in [1.54, 1.807) is 0 Å². The summed E-state index contributed by atoms with van der Waals surface area (Å²) >= 11 is 0. The highest BCUT2D eigenvalue weighted by atomic mass is 35.5. The Kier molecular flexibility index (Phi) is 25.3. The van der Waals surface area contributed by atoms with Gasteiger partial charge < -0.3 is 50.7 Å². The topological polar surface area (TPSA) is 106 Å². The predicted octanol–water partition coefficient (Wildman–Crippen LogP) is -4.47. The molecule has 0 fully saturated rings. The summed E-state index contributed by atoms with van der Waals surface area (Å²) in [6.45, 7) is 8.19. The van der Waals surface area contributed by atoms with Gasteiger partial charge in [-0.1, -0.05) is 26.7 Å². The van der Waals surface area contributed by atoms with Crippen molar-refractivity contribution in [1.82, 2.24) is 15.5 Å². The number of amides is 2. The zero-order valence-corrected chi connectivity index (χ0v) is 17.4. The molecule has 0 bridgehead atoms. The molecule has 158 valence electrons. The van der Waals surface area contributed by atoms with Crippen LogP contribution in [-0.4, -0.2) is 69.6 Å². The van der Waals surface area contributed by atoms with Crippen molar-refractivity contribution in [2.24, 2.45) is 5.73 Å². The molecule has 0 aliphatic carbocycles. The van der Waals surface area contributed by atoms with E-state index in [9.17, 15) is 9.59 Å². The van der Waals surface area contributed by atoms with Gasteiger partial charge in [-0.2, -0.15) is 0 Å². The minimum Gasteiger partial charge on any atom is -1.00 e. The Morgan fingerprint density at radius 2 is 1.31 bits per heavy atom. The van der Waals surface area contributed by atoms with Crippen molar-refractivity contribution in [1.29, 1.82) is 0 Å². The third-order valence-electron chi connectivity index (χ3n) is 3.33. The number of carbonyl (C=O) groups is 2. The fraction of sp³-hybridized carbons (Fsp3) is 0.875. The summed E-state index contributed by atoms with van der Waals surface area (Å²) in [7, 11) is 0. The molecule has 0 radical (unpaired) electrons. The van der Waals surface area contributed by atoms with Crippen LogP contribution in [-0.2, 0) is 9.47 Å². The summed E-state index contributed by atoms with van der Waals surface area (Å²) in [4.78, 5) is 24.9. The molecule has 0 atom stereocenters. The van der Waals surface area contributed by atoms with Gasteiger partial charge in [0.05, 0.1) is 0 Å². The first kappa shape index (κ1) is 29.8. The Bertz CT molecular complexity index is 322. The molecule has 0 saturated carbocycles. The zero-order valence-electron chi connectivity index (χ0n) is 17.9. The van der Waals surface area contributed by atoms with E-state index >= 15 is 0 Å². The minimum atomic E-state index is -0.400. The maximum absolute atomic E-state index is 11.4. The summed E-state index contributed by atoms with van der Waals surface area (Å²) < 4.78 is 10.2. The summed E-state index contributed by atoms with van der Waals surface area (Å²) in [5.74, 6) is 0. The molecule has 8 nitrogen and oxygen atoms in total. The molecule has 0 unspecified atom stereocenters. The number of nitrogens with two attached hydrogens (primary N) is 1. The third-order valence-corrected chi connectivity index (χ3v) is 3.33. The van der Waals surface area contributed by atoms with Crippen molar-refractivity contribution in [3.63, 3.8) is 0 Å². The lowest BCUT2D eigenvalue weighted by atomic mass is 10.3. The highest BCUT2D eigenvalue weighted by molar-refractivity contribution is 5.67. The number of rotatable bonds is 14. The van der Waals surface area contributed by atoms with Crippen LogP contribution in [0.4, 0.5) is 9.59 Å². The van der Waals surface area contributed by atoms with Crippen LogP contribution in [0, 0.1) is 0 Å². The largest absolute Gasteiger partial charge is 1.00 e. The van der Waals surface area contributed by atoms with Gasteiger partial charge in [-0.3, -0.25) is 4.90 Å². The Balaban J connectivity index is -0.000000441. The Labute approximate surface area is 172 Å². The van der Waals surface area contributed by atoms with Crippen LogP contribution in [0.1, 0.15) is 42.4 Å². The smallest absolute Gasteiger partial charge is 1.00 e. The summed E-state index contributed by atoms with van der Waals surface area (Å²) in [6, 6.07) is 0. The Morgan fingerprint density at radius 1 is 0.885 bits per heavy atom. The molecule has 0 aromatic rings. The van der Waals surface area contributed by atoms with Crippen LogP contribution < -0.4 is 41.2 Å². The lowest BCUT2D eigenvalue weighted by Crippen LogP contribution is -3.00. The van der Waals surface area contributed by atoms with Crippen LogP contribution in [0.3, 0.4) is 0 Å². The average Bonchev–Trinajstić information content (AvgIpc) is 2.55. The number of unbranched alkanes of at least 4 members (excludes halogenated alkanes) is 2. The van der Waals surface area contributed by atoms with Crippen LogP contribution in [0.15, 0.2) is 0 Å². The van der Waals surface area contributed by atoms with E-state index in [2.05, 4.69) is 24.5 Å². The van der Waals surface area contributed by atoms with Crippen molar-refractivity contribution in [2.75, 3.05) is 52.5 Å². The molecule has 4 N–H and O–H groups in total. The normalized spacial score (nSPS) is 9.69. The first-order valence-electron chi connectivity index (χ1n) is 8.87. The molecule has 0 spiro atoms. The van der Waals surface area contributed by atoms with Gasteiger partial charge in [-0.05, 0) is 12.8 Å². The third kappa shape index (κ3) is 19.4. The van der Waals surface area contributed by atoms with Crippen LogP contribution in [0.2, 0.25) is 0 Å². The van der Waals surface area contributed by atoms with Gasteiger partial charge in [0.2, 0.25) is 0 Å². The van der Waals surface area contributed by atoms with Gasteiger partial charge in [0, 0.05) is 39.3 Å². The number of carbonyl (C=O) groups excluding carboxylic acids is 2. The molecular weight excluding hydrogens is 383 g/mol. The van der Waals surface area contributed by atoms with E-state index < -0.39 is 12.2 Å². The lowest BCUT2D eigenvalue weighted by molar-refractivity contribution is -0.00100. The van der Waals surface area contributed by atoms with Crippen molar-refractivity contribution in [2.45, 2.75) is 39.5 Å². The van der Waals surface area contributed by atoms with E-state index in [1.807, 2.05) is 4.90 Å². The van der Waals surface area contributed by atoms with Gasteiger partial charge in [-0.25, -0.2) is 9.59 Å². The second-order valence-electron chi connectivity index (χ2n) is 5.46. The van der Waals surface area contributed by atoms with Crippen LogP contribution >= 0.6 is 0 Å². The number of nitrogens with zero attached hydrogens (tertiary/aromatic N) is 1. The Hall–Kier alpha value is -0.960. The summed E-state index contributed by atoms with van der Waals surface area (Å²) in [6.07, 6.45) is 3.12. The van der Waals surface area contributed by atoms with Gasteiger partial charge in [0.1, 0.15) is 13.2 Å². The molecule has 26 heavy (non-hydrogen) atoms. The van der Waals surface area contributed by atoms with E-state index in [1.165, 1.54) is 0 Å². The first-order valence-corrected chi connectivity index (χ1v) is 8.87. The standard InChI is InChI=1S/C16H34N4O4.2ClH/c1-3-5-8-18-15(21)23-13-11-20(10-7-17)12-14-24-16(22)19-9-6-4-2;;/h3-14,17H2,1-2H3,(H,18,21)(H,19,22);2*1H. The van der Waals surface area contributed by atoms with Gasteiger partial charge in [-0.15, -0.1) is 0 Å². The number of hydrogen-bond acceptors (Lipinski definition) is 6. The van der Waals surface area contributed by atoms with Gasteiger partial charge >= 0.3 is 15.0 Å². The minimum absolute atomic E-state index is 0. The highest BCUT2D eigenvalue weighted by Gasteiger charge is 2.08. The number of hydrogen-bond donors (Lipinski definition) is 3. The second kappa shape index (κ2) is 22.1. The zero-order chi connectivity index (χ0) is 18.0. The van der Waals surface area contributed by atoms with Gasteiger partial charge in [0.25, 0.3) is 0 Å². The number of ether oxygens (including phenoxy) is 2. The molecule has 0 aliphatic heterocycles. The quantitative estimate of drug-likeness (QED) is 0.245. The molecule has 0 aromatic carbocycles. The van der Waals surface area contributed by atoms with Crippen LogP contribution in [0.25, 0.3) is 0 Å². The van der Waals surface area contributed by atoms with Crippen molar-refractivity contribution in [3.8, 4) is 0 Å². The SMILES string of the molecule is CCCCNC(=O)OCCN(CCN)CCOC(=O)NCCCC.[Cl-].[Cl-].[H+].[H+]. The maximum Gasteiger partial charge on any atom is 1.00 e. The fourth-order valence-corrected chi connectivity index (χ4v) is 1.89. The monoisotopic (exact) mass is 418 g/mol. The molecular formula is C16H36Cl2N4O4. The molecule has 0 saturated heterocycles. The van der Waals surface area contributed by atoms with E-state index in [0.717, 1.165) is 25.7 Å². The average molecular weight is 419 g/mol. The molecule has 0 heterocycles. The van der Waals surface area contributed by atoms with E-state index in [4.69, 9.17) is 15.2 Å². The highest BCUT2D eigenvalue weighted by Crippen LogP contribution is 1.91. The summed E-state index contributed by atoms with van der Waals surface area (Å²) in [5.41, 5.74) is 5.57. The van der Waals surface area contributed by atoms with Crippen LogP contribution in [0.5, 0.6) is 0 Å². The maximum atomic E-state index is 11.4. The van der Waals surface area contributed by atoms with Crippen molar-refractivity contribution < 1.29 is 46.7 Å². The fourth-order valence-electron chi connectivity index (χ4n) is 1.89. The number of alkyl carbamates (subject to hydrolysis) is 2.